The van der Waals surface area contributed by atoms with Gasteiger partial charge in [-0.25, -0.2) is 0 Å². The zero-order valence-electron chi connectivity index (χ0n) is 10.8. The maximum absolute atomic E-state index is 11.8. The Bertz CT molecular complexity index is 344. The Balaban J connectivity index is 2.36. The minimum absolute atomic E-state index is 0.193. The number of rotatable bonds is 7. The van der Waals surface area contributed by atoms with E-state index in [4.69, 9.17) is 4.74 Å². The summed E-state index contributed by atoms with van der Waals surface area (Å²) in [6.45, 7) is 5.09. The van der Waals surface area contributed by atoms with Crippen LogP contribution in [0.25, 0.3) is 0 Å². The first-order valence-corrected chi connectivity index (χ1v) is 6.04. The molecule has 17 heavy (non-hydrogen) atoms. The number of carbonyl (C=O) groups is 1. The minimum atomic E-state index is 0.193. The van der Waals surface area contributed by atoms with Gasteiger partial charge < -0.3 is 10.1 Å². The second-order valence-corrected chi connectivity index (χ2v) is 4.36. The quantitative estimate of drug-likeness (QED) is 0.583. The van der Waals surface area contributed by atoms with Crippen LogP contribution < -0.4 is 10.1 Å². The predicted molar refractivity (Wildman–Crippen MR) is 69.7 cm³/mol. The Labute approximate surface area is 103 Å². The summed E-state index contributed by atoms with van der Waals surface area (Å²) in [6.07, 6.45) is 1.47. The van der Waals surface area contributed by atoms with Gasteiger partial charge in [-0.1, -0.05) is 13.8 Å². The van der Waals surface area contributed by atoms with E-state index in [2.05, 4.69) is 19.2 Å². The molecule has 0 atom stereocenters. The number of carbonyl (C=O) groups excluding carboxylic acids is 1. The molecule has 0 heterocycles. The average Bonchev–Trinajstić information content (AvgIpc) is 2.34. The molecule has 0 bridgehead atoms. The maximum atomic E-state index is 11.8. The van der Waals surface area contributed by atoms with E-state index in [0.29, 0.717) is 12.5 Å². The molecule has 0 fully saturated rings. The number of ether oxygens (including phenoxy) is 1. The van der Waals surface area contributed by atoms with Gasteiger partial charge >= 0.3 is 0 Å². The fraction of sp³-hybridized carbons (Fsp3) is 0.500. The zero-order valence-corrected chi connectivity index (χ0v) is 10.8. The molecular weight excluding hydrogens is 214 g/mol. The highest BCUT2D eigenvalue weighted by molar-refractivity contribution is 5.96. The Hall–Kier alpha value is -1.35. The van der Waals surface area contributed by atoms with Crippen molar-refractivity contribution in [3.63, 3.8) is 0 Å². The second-order valence-electron chi connectivity index (χ2n) is 4.36. The van der Waals surface area contributed by atoms with Gasteiger partial charge in [-0.3, -0.25) is 4.79 Å². The van der Waals surface area contributed by atoms with E-state index >= 15 is 0 Å². The topological polar surface area (TPSA) is 38.3 Å². The van der Waals surface area contributed by atoms with E-state index in [1.54, 1.807) is 7.11 Å². The monoisotopic (exact) mass is 235 g/mol. The van der Waals surface area contributed by atoms with Crippen molar-refractivity contribution in [1.29, 1.82) is 0 Å². The molecule has 0 aliphatic rings. The van der Waals surface area contributed by atoms with E-state index in [9.17, 15) is 4.79 Å². The largest absolute Gasteiger partial charge is 0.497 e. The summed E-state index contributed by atoms with van der Waals surface area (Å²) in [4.78, 5) is 11.8. The van der Waals surface area contributed by atoms with Crippen LogP contribution in [0.2, 0.25) is 0 Å². The Morgan fingerprint density at radius 2 is 1.94 bits per heavy atom. The van der Waals surface area contributed by atoms with Gasteiger partial charge in [0.2, 0.25) is 0 Å². The van der Waals surface area contributed by atoms with Gasteiger partial charge in [0.25, 0.3) is 0 Å². The number of hydrogen-bond donors (Lipinski definition) is 1. The molecule has 1 aromatic carbocycles. The third kappa shape index (κ3) is 5.00. The van der Waals surface area contributed by atoms with Crippen LogP contribution >= 0.6 is 0 Å². The fourth-order valence-corrected chi connectivity index (χ4v) is 1.56. The van der Waals surface area contributed by atoms with Crippen LogP contribution in [-0.4, -0.2) is 25.5 Å². The normalized spacial score (nSPS) is 10.6. The van der Waals surface area contributed by atoms with Gasteiger partial charge in [0.05, 0.1) is 7.11 Å². The standard InChI is InChI=1S/C14H21NO2/c1-11(2)15-10-4-5-14(16)12-6-8-13(17-3)9-7-12/h6-9,11,15H,4-5,10H2,1-3H3. The van der Waals surface area contributed by atoms with Crippen molar-refractivity contribution in [3.8, 4) is 5.75 Å². The molecule has 0 saturated carbocycles. The summed E-state index contributed by atoms with van der Waals surface area (Å²) in [5.41, 5.74) is 0.760. The number of hydrogen-bond acceptors (Lipinski definition) is 3. The SMILES string of the molecule is COc1ccc(C(=O)CCCNC(C)C)cc1. The van der Waals surface area contributed by atoms with Crippen molar-refractivity contribution >= 4 is 5.78 Å². The fourth-order valence-electron chi connectivity index (χ4n) is 1.56. The minimum Gasteiger partial charge on any atom is -0.497 e. The molecule has 1 N–H and O–H groups in total. The molecule has 0 aromatic heterocycles. The summed E-state index contributed by atoms with van der Waals surface area (Å²) < 4.78 is 5.05. The first-order valence-electron chi connectivity index (χ1n) is 6.04. The first kappa shape index (κ1) is 13.7. The van der Waals surface area contributed by atoms with Crippen LogP contribution in [0.4, 0.5) is 0 Å². The van der Waals surface area contributed by atoms with E-state index in [1.807, 2.05) is 24.3 Å². The van der Waals surface area contributed by atoms with E-state index < -0.39 is 0 Å². The summed E-state index contributed by atoms with van der Waals surface area (Å²) in [7, 11) is 1.62. The van der Waals surface area contributed by atoms with E-state index in [-0.39, 0.29) is 5.78 Å². The smallest absolute Gasteiger partial charge is 0.162 e. The van der Waals surface area contributed by atoms with Gasteiger partial charge in [0, 0.05) is 18.0 Å². The van der Waals surface area contributed by atoms with Crippen LogP contribution in [0.5, 0.6) is 5.75 Å². The molecule has 0 radical (unpaired) electrons. The summed E-state index contributed by atoms with van der Waals surface area (Å²) in [5.74, 6) is 0.973. The molecule has 1 rings (SSSR count). The molecule has 94 valence electrons. The molecule has 0 unspecified atom stereocenters. The number of ketones is 1. The third-order valence-electron chi connectivity index (χ3n) is 2.55. The number of nitrogens with one attached hydrogen (secondary N) is 1. The van der Waals surface area contributed by atoms with Crippen molar-refractivity contribution in [2.45, 2.75) is 32.7 Å². The van der Waals surface area contributed by atoms with Gasteiger partial charge in [-0.05, 0) is 37.2 Å². The van der Waals surface area contributed by atoms with E-state index in [1.165, 1.54) is 0 Å². The molecule has 0 saturated heterocycles. The molecule has 0 aliphatic heterocycles. The highest BCUT2D eigenvalue weighted by Gasteiger charge is 2.05. The van der Waals surface area contributed by atoms with Crippen molar-refractivity contribution in [2.75, 3.05) is 13.7 Å². The van der Waals surface area contributed by atoms with Crippen LogP contribution in [0.1, 0.15) is 37.0 Å². The molecule has 0 amide bonds. The van der Waals surface area contributed by atoms with Crippen LogP contribution in [0.3, 0.4) is 0 Å². The lowest BCUT2D eigenvalue weighted by molar-refractivity contribution is 0.0979. The first-order chi connectivity index (χ1) is 8.13. The maximum Gasteiger partial charge on any atom is 0.162 e. The van der Waals surface area contributed by atoms with Crippen molar-refractivity contribution < 1.29 is 9.53 Å². The molecular formula is C14H21NO2. The zero-order chi connectivity index (χ0) is 12.7. The Morgan fingerprint density at radius 1 is 1.29 bits per heavy atom. The van der Waals surface area contributed by atoms with Crippen molar-refractivity contribution in [2.24, 2.45) is 0 Å². The number of benzene rings is 1. The van der Waals surface area contributed by atoms with Crippen molar-refractivity contribution in [1.82, 2.24) is 5.32 Å². The van der Waals surface area contributed by atoms with Gasteiger partial charge in [-0.2, -0.15) is 0 Å². The summed E-state index contributed by atoms with van der Waals surface area (Å²) in [5, 5.41) is 3.30. The Kier molecular flexibility index (Phi) is 5.70. The van der Waals surface area contributed by atoms with Gasteiger partial charge in [0.1, 0.15) is 5.75 Å². The second kappa shape index (κ2) is 7.07. The summed E-state index contributed by atoms with van der Waals surface area (Å²) >= 11 is 0. The average molecular weight is 235 g/mol. The van der Waals surface area contributed by atoms with Crippen LogP contribution in [0, 0.1) is 0 Å². The van der Waals surface area contributed by atoms with Gasteiger partial charge in [-0.15, -0.1) is 0 Å². The molecule has 0 aliphatic carbocycles. The molecule has 1 aromatic rings. The molecule has 3 heteroatoms. The summed E-state index contributed by atoms with van der Waals surface area (Å²) in [6, 6.07) is 7.75. The Morgan fingerprint density at radius 3 is 2.47 bits per heavy atom. The number of methoxy groups -OCH3 is 1. The molecule has 3 nitrogen and oxygen atoms in total. The molecule has 0 spiro atoms. The van der Waals surface area contributed by atoms with E-state index in [0.717, 1.165) is 24.3 Å². The van der Waals surface area contributed by atoms with Gasteiger partial charge in [0.15, 0.2) is 5.78 Å². The predicted octanol–water partition coefficient (Wildman–Crippen LogP) is 2.66. The van der Waals surface area contributed by atoms with Crippen LogP contribution in [0.15, 0.2) is 24.3 Å². The lowest BCUT2D eigenvalue weighted by atomic mass is 10.1. The lowest BCUT2D eigenvalue weighted by Crippen LogP contribution is -2.24. The highest BCUT2D eigenvalue weighted by atomic mass is 16.5. The number of Topliss-reactive ketones (excluding diaryl/α,β-unsaturated/α-hetero) is 1. The lowest BCUT2D eigenvalue weighted by Gasteiger charge is -2.07. The highest BCUT2D eigenvalue weighted by Crippen LogP contribution is 2.13. The van der Waals surface area contributed by atoms with Crippen molar-refractivity contribution in [3.05, 3.63) is 29.8 Å². The van der Waals surface area contributed by atoms with Crippen LogP contribution in [-0.2, 0) is 0 Å². The third-order valence-corrected chi connectivity index (χ3v) is 2.55.